The van der Waals surface area contributed by atoms with Crippen molar-refractivity contribution in [2.45, 2.75) is 26.4 Å². The number of carbonyl (C=O) groups is 1. The van der Waals surface area contributed by atoms with Gasteiger partial charge in [0.25, 0.3) is 11.5 Å². The summed E-state index contributed by atoms with van der Waals surface area (Å²) in [5.41, 5.74) is 0.0836. The first-order valence-corrected chi connectivity index (χ1v) is 10.8. The molecule has 4 rings (SSSR count). The Bertz CT molecular complexity index is 1340. The van der Waals surface area contributed by atoms with Crippen molar-refractivity contribution in [3.8, 4) is 10.6 Å². The van der Waals surface area contributed by atoms with E-state index in [0.29, 0.717) is 16.7 Å². The molecule has 0 aliphatic heterocycles. The molecule has 1 aromatic carbocycles. The lowest BCUT2D eigenvalue weighted by atomic mass is 10.0. The van der Waals surface area contributed by atoms with Crippen LogP contribution < -0.4 is 16.5 Å². The molecule has 0 radical (unpaired) electrons. The molecule has 31 heavy (non-hydrogen) atoms. The van der Waals surface area contributed by atoms with E-state index in [1.165, 1.54) is 28.2 Å². The molecule has 3 heterocycles. The highest BCUT2D eigenvalue weighted by Gasteiger charge is 2.22. The van der Waals surface area contributed by atoms with E-state index in [1.54, 1.807) is 30.3 Å². The van der Waals surface area contributed by atoms with E-state index in [9.17, 15) is 14.4 Å². The van der Waals surface area contributed by atoms with Gasteiger partial charge in [-0.3, -0.25) is 9.59 Å². The Morgan fingerprint density at radius 2 is 1.94 bits per heavy atom. The molecule has 0 saturated heterocycles. The highest BCUT2D eigenvalue weighted by Crippen LogP contribution is 2.21. The van der Waals surface area contributed by atoms with Crippen LogP contribution in [0.4, 0.5) is 0 Å². The molecule has 8 heteroatoms. The molecule has 0 aliphatic carbocycles. The molecular formula is C23H21N3O4S. The second kappa shape index (κ2) is 8.69. The first-order chi connectivity index (χ1) is 14.9. The molecule has 0 unspecified atom stereocenters. The quantitative estimate of drug-likeness (QED) is 0.468. The van der Waals surface area contributed by atoms with Crippen LogP contribution in [0.25, 0.3) is 21.5 Å². The van der Waals surface area contributed by atoms with Crippen molar-refractivity contribution >= 4 is 28.2 Å². The maximum absolute atomic E-state index is 12.9. The largest absolute Gasteiger partial charge is 0.422 e. The fraction of sp³-hybridized carbons (Fsp3) is 0.217. The lowest BCUT2D eigenvalue weighted by Gasteiger charge is -2.22. The van der Waals surface area contributed by atoms with Crippen LogP contribution in [0.15, 0.2) is 74.0 Å². The van der Waals surface area contributed by atoms with Gasteiger partial charge in [-0.25, -0.2) is 9.48 Å². The number of fused-ring (bicyclic) bond motifs is 1. The van der Waals surface area contributed by atoms with Crippen LogP contribution in [0.2, 0.25) is 0 Å². The van der Waals surface area contributed by atoms with Crippen LogP contribution in [-0.2, 0) is 6.54 Å². The van der Waals surface area contributed by atoms with Crippen LogP contribution in [0, 0.1) is 5.92 Å². The number of hydrogen-bond acceptors (Lipinski definition) is 6. The van der Waals surface area contributed by atoms with Gasteiger partial charge in [0.1, 0.15) is 16.8 Å². The van der Waals surface area contributed by atoms with Crippen molar-refractivity contribution in [3.63, 3.8) is 0 Å². The summed E-state index contributed by atoms with van der Waals surface area (Å²) < 4.78 is 6.62. The number of nitrogens with zero attached hydrogens (tertiary/aromatic N) is 2. The predicted molar refractivity (Wildman–Crippen MR) is 120 cm³/mol. The van der Waals surface area contributed by atoms with Crippen LogP contribution in [0.3, 0.4) is 0 Å². The topological polar surface area (TPSA) is 94.2 Å². The van der Waals surface area contributed by atoms with Gasteiger partial charge in [0.2, 0.25) is 0 Å². The minimum atomic E-state index is -0.700. The maximum atomic E-state index is 12.9. The van der Waals surface area contributed by atoms with E-state index in [0.717, 1.165) is 4.88 Å². The molecule has 0 spiro atoms. The molecule has 1 N–H and O–H groups in total. The average Bonchev–Trinajstić information content (AvgIpc) is 3.29. The van der Waals surface area contributed by atoms with E-state index in [2.05, 4.69) is 10.4 Å². The van der Waals surface area contributed by atoms with Crippen LogP contribution in [0.5, 0.6) is 0 Å². The molecule has 0 saturated carbocycles. The van der Waals surface area contributed by atoms with Crippen LogP contribution in [0.1, 0.15) is 24.2 Å². The molecule has 0 fully saturated rings. The minimum Gasteiger partial charge on any atom is -0.422 e. The van der Waals surface area contributed by atoms with Gasteiger partial charge in [-0.15, -0.1) is 11.3 Å². The zero-order chi connectivity index (χ0) is 22.0. The Kier molecular flexibility index (Phi) is 5.81. The molecule has 1 amide bonds. The number of hydrogen-bond donors (Lipinski definition) is 1. The predicted octanol–water partition coefficient (Wildman–Crippen LogP) is 3.53. The van der Waals surface area contributed by atoms with Gasteiger partial charge in [-0.1, -0.05) is 38.1 Å². The van der Waals surface area contributed by atoms with E-state index >= 15 is 0 Å². The van der Waals surface area contributed by atoms with Gasteiger partial charge in [-0.05, 0) is 35.6 Å². The lowest BCUT2D eigenvalue weighted by molar-refractivity contribution is 0.0915. The molecule has 0 aliphatic rings. The zero-order valence-corrected chi connectivity index (χ0v) is 17.9. The van der Waals surface area contributed by atoms with Crippen molar-refractivity contribution in [1.82, 2.24) is 15.1 Å². The lowest BCUT2D eigenvalue weighted by Crippen LogP contribution is -2.45. The number of amides is 1. The Hall–Kier alpha value is -3.52. The highest BCUT2D eigenvalue weighted by atomic mass is 32.1. The van der Waals surface area contributed by atoms with Gasteiger partial charge in [0, 0.05) is 11.5 Å². The highest BCUT2D eigenvalue weighted by molar-refractivity contribution is 7.13. The van der Waals surface area contributed by atoms with E-state index in [-0.39, 0.29) is 23.6 Å². The number of rotatable bonds is 6. The summed E-state index contributed by atoms with van der Waals surface area (Å²) in [6, 6.07) is 15.1. The third-order valence-corrected chi connectivity index (χ3v) is 5.91. The summed E-state index contributed by atoms with van der Waals surface area (Å²) in [7, 11) is 0. The fourth-order valence-corrected chi connectivity index (χ4v) is 3.90. The summed E-state index contributed by atoms with van der Waals surface area (Å²) in [6.07, 6.45) is 0. The van der Waals surface area contributed by atoms with Crippen molar-refractivity contribution in [3.05, 3.63) is 86.3 Å². The molecule has 3 aromatic heterocycles. The van der Waals surface area contributed by atoms with Gasteiger partial charge in [0.15, 0.2) is 0 Å². The Morgan fingerprint density at radius 3 is 2.68 bits per heavy atom. The van der Waals surface area contributed by atoms with E-state index in [4.69, 9.17) is 4.42 Å². The summed E-state index contributed by atoms with van der Waals surface area (Å²) in [6.45, 7) is 4.05. The molecule has 0 bridgehead atoms. The van der Waals surface area contributed by atoms with Crippen LogP contribution in [-0.4, -0.2) is 21.7 Å². The molecule has 7 nitrogen and oxygen atoms in total. The number of aromatic nitrogens is 2. The molecule has 1 atom stereocenters. The molecular weight excluding hydrogens is 414 g/mol. The second-order valence-corrected chi connectivity index (χ2v) is 8.47. The molecule has 4 aromatic rings. The SMILES string of the molecule is CC(C)[C@H](Cn1nc(-c2cccs2)ccc1=O)NC(=O)c1cc2ccccc2oc1=O. The fourth-order valence-electron chi connectivity index (χ4n) is 3.21. The standard InChI is InChI=1S/C23H21N3O4S/c1-14(2)18(13-26-21(27)10-9-17(25-26)20-8-5-11-31-20)24-22(28)16-12-15-6-3-4-7-19(15)30-23(16)29/h3-12,14,18H,13H2,1-2H3,(H,24,28)/t18-/m0/s1. The Balaban J connectivity index is 1.60. The van der Waals surface area contributed by atoms with E-state index < -0.39 is 17.6 Å². The summed E-state index contributed by atoms with van der Waals surface area (Å²) in [5, 5.41) is 9.94. The average molecular weight is 436 g/mol. The number of para-hydroxylation sites is 1. The molecule has 158 valence electrons. The van der Waals surface area contributed by atoms with Crippen molar-refractivity contribution in [2.24, 2.45) is 5.92 Å². The van der Waals surface area contributed by atoms with Gasteiger partial charge < -0.3 is 9.73 Å². The third-order valence-electron chi connectivity index (χ3n) is 5.02. The van der Waals surface area contributed by atoms with Gasteiger partial charge in [-0.2, -0.15) is 5.10 Å². The Labute approximate surface area is 182 Å². The number of benzene rings is 1. The number of carbonyl (C=O) groups excluding carboxylic acids is 1. The van der Waals surface area contributed by atoms with E-state index in [1.807, 2.05) is 31.4 Å². The van der Waals surface area contributed by atoms with Gasteiger partial charge >= 0.3 is 5.63 Å². The third kappa shape index (κ3) is 4.49. The normalized spacial score (nSPS) is 12.2. The summed E-state index contributed by atoms with van der Waals surface area (Å²) in [4.78, 5) is 38.5. The number of nitrogens with one attached hydrogen (secondary N) is 1. The minimum absolute atomic E-state index is 0.00413. The Morgan fingerprint density at radius 1 is 1.13 bits per heavy atom. The smallest absolute Gasteiger partial charge is 0.349 e. The van der Waals surface area contributed by atoms with Crippen LogP contribution >= 0.6 is 11.3 Å². The second-order valence-electron chi connectivity index (χ2n) is 7.53. The monoisotopic (exact) mass is 435 g/mol. The van der Waals surface area contributed by atoms with Gasteiger partial charge in [0.05, 0.1) is 17.5 Å². The maximum Gasteiger partial charge on any atom is 0.349 e. The summed E-state index contributed by atoms with van der Waals surface area (Å²) >= 11 is 1.53. The first kappa shape index (κ1) is 20.7. The zero-order valence-electron chi connectivity index (χ0n) is 17.1. The van der Waals surface area contributed by atoms with Crippen molar-refractivity contribution in [2.75, 3.05) is 0 Å². The first-order valence-electron chi connectivity index (χ1n) is 9.88. The van der Waals surface area contributed by atoms with Crippen molar-refractivity contribution in [1.29, 1.82) is 0 Å². The van der Waals surface area contributed by atoms with Crippen molar-refractivity contribution < 1.29 is 9.21 Å². The number of thiophene rings is 1. The summed E-state index contributed by atoms with van der Waals surface area (Å²) in [5.74, 6) is -0.545.